The maximum absolute atomic E-state index is 13.9. The molecule has 0 unspecified atom stereocenters. The average molecular weight is 629 g/mol. The largest absolute Gasteiger partial charge is 0.495 e. The Kier molecular flexibility index (Phi) is 10.3. The second-order valence-electron chi connectivity index (χ2n) is 11.2. The van der Waals surface area contributed by atoms with Crippen LogP contribution in [0.3, 0.4) is 0 Å². The summed E-state index contributed by atoms with van der Waals surface area (Å²) >= 11 is 0. The van der Waals surface area contributed by atoms with Crippen LogP contribution in [0.2, 0.25) is 0 Å². The third-order valence-electron chi connectivity index (χ3n) is 7.98. The number of hydrogen-bond acceptors (Lipinski definition) is 5. The zero-order valence-electron chi connectivity index (χ0n) is 25.3. The Morgan fingerprint density at radius 2 is 1.58 bits per heavy atom. The highest BCUT2D eigenvalue weighted by Gasteiger charge is 2.23. The summed E-state index contributed by atoms with van der Waals surface area (Å²) in [6, 6.07) is 25.5. The summed E-state index contributed by atoms with van der Waals surface area (Å²) in [7, 11) is -2.37. The van der Waals surface area contributed by atoms with Crippen LogP contribution in [0.15, 0.2) is 95.9 Å². The lowest BCUT2D eigenvalue weighted by Crippen LogP contribution is -2.35. The van der Waals surface area contributed by atoms with E-state index in [4.69, 9.17) is 4.74 Å². The Morgan fingerprint density at radius 1 is 0.844 bits per heavy atom. The molecule has 9 heteroatoms. The molecule has 4 aromatic carbocycles. The molecule has 1 fully saturated rings. The zero-order chi connectivity index (χ0) is 31.8. The normalized spacial score (nSPS) is 13.3. The van der Waals surface area contributed by atoms with Gasteiger partial charge in [-0.15, -0.1) is 0 Å². The molecule has 2 amide bonds. The van der Waals surface area contributed by atoms with E-state index in [-0.39, 0.29) is 27.9 Å². The van der Waals surface area contributed by atoms with Crippen LogP contribution in [0, 0.1) is 5.82 Å². The third kappa shape index (κ3) is 7.97. The predicted octanol–water partition coefficient (Wildman–Crippen LogP) is 6.46. The Labute approximate surface area is 264 Å². The van der Waals surface area contributed by atoms with E-state index in [2.05, 4.69) is 5.32 Å². The minimum atomic E-state index is -3.81. The van der Waals surface area contributed by atoms with Crippen molar-refractivity contribution in [1.82, 2.24) is 10.2 Å². The summed E-state index contributed by atoms with van der Waals surface area (Å²) in [5.41, 5.74) is 3.57. The number of nitrogens with one attached hydrogen (secondary N) is 1. The number of carbonyl (C=O) groups excluding carboxylic acids is 2. The summed E-state index contributed by atoms with van der Waals surface area (Å²) in [6.07, 6.45) is 4.35. The van der Waals surface area contributed by atoms with Crippen LogP contribution in [0.4, 0.5) is 4.39 Å². The van der Waals surface area contributed by atoms with Crippen LogP contribution in [-0.2, 0) is 22.0 Å². The molecule has 1 N–H and O–H groups in total. The van der Waals surface area contributed by atoms with Crippen molar-refractivity contribution in [2.24, 2.45) is 0 Å². The Morgan fingerprint density at radius 3 is 2.36 bits per heavy atom. The number of halogens is 1. The maximum atomic E-state index is 13.9. The Hall–Kier alpha value is -4.50. The first-order valence-corrected chi connectivity index (χ1v) is 16.8. The number of aryl methyl sites for hydroxylation is 1. The van der Waals surface area contributed by atoms with E-state index < -0.39 is 21.6 Å². The fourth-order valence-corrected chi connectivity index (χ4v) is 7.16. The van der Waals surface area contributed by atoms with E-state index in [1.807, 2.05) is 41.3 Å². The highest BCUT2D eigenvalue weighted by molar-refractivity contribution is 7.90. The van der Waals surface area contributed by atoms with Gasteiger partial charge in [0.25, 0.3) is 11.8 Å². The molecule has 7 nitrogen and oxygen atoms in total. The molecule has 0 saturated carbocycles. The van der Waals surface area contributed by atoms with Crippen LogP contribution in [0.1, 0.15) is 57.5 Å². The molecule has 4 aromatic rings. The molecule has 0 aromatic heterocycles. The number of benzene rings is 4. The van der Waals surface area contributed by atoms with Gasteiger partial charge in [0.05, 0.1) is 18.4 Å². The molecular formula is C36H37FN2O5S. The molecule has 234 valence electrons. The summed E-state index contributed by atoms with van der Waals surface area (Å²) in [4.78, 5) is 27.3. The summed E-state index contributed by atoms with van der Waals surface area (Å²) in [5, 5.41) is 2.73. The Balaban J connectivity index is 1.27. The van der Waals surface area contributed by atoms with Gasteiger partial charge in [-0.05, 0) is 90.8 Å². The molecule has 1 aliphatic heterocycles. The van der Waals surface area contributed by atoms with Gasteiger partial charge in [-0.1, -0.05) is 54.6 Å². The highest BCUT2D eigenvalue weighted by atomic mass is 32.2. The van der Waals surface area contributed by atoms with E-state index >= 15 is 0 Å². The van der Waals surface area contributed by atoms with Crippen LogP contribution in [-0.4, -0.2) is 51.9 Å². The van der Waals surface area contributed by atoms with Gasteiger partial charge < -0.3 is 15.0 Å². The number of nitrogens with zero attached hydrogens (tertiary/aromatic N) is 1. The molecule has 0 atom stereocenters. The molecule has 1 saturated heterocycles. The fourth-order valence-electron chi connectivity index (χ4n) is 5.62. The number of likely N-dealkylation sites (tertiary alicyclic amines) is 1. The molecule has 0 radical (unpaired) electrons. The van der Waals surface area contributed by atoms with Crippen molar-refractivity contribution in [2.75, 3.05) is 26.7 Å². The van der Waals surface area contributed by atoms with Crippen LogP contribution in [0.5, 0.6) is 5.75 Å². The fraction of sp³-hybridized carbons (Fsp3) is 0.278. The quantitative estimate of drug-likeness (QED) is 0.193. The van der Waals surface area contributed by atoms with Gasteiger partial charge in [0.15, 0.2) is 9.84 Å². The van der Waals surface area contributed by atoms with Crippen LogP contribution in [0.25, 0.3) is 11.1 Å². The van der Waals surface area contributed by atoms with Gasteiger partial charge in [0.2, 0.25) is 0 Å². The number of methoxy groups -OCH3 is 1. The maximum Gasteiger partial charge on any atom is 0.254 e. The van der Waals surface area contributed by atoms with Gasteiger partial charge in [-0.2, -0.15) is 0 Å². The van der Waals surface area contributed by atoms with Crippen LogP contribution < -0.4 is 10.1 Å². The molecule has 0 aliphatic carbocycles. The minimum absolute atomic E-state index is 0.00264. The molecule has 0 spiro atoms. The zero-order valence-corrected chi connectivity index (χ0v) is 26.1. The number of hydrogen-bond donors (Lipinski definition) is 1. The summed E-state index contributed by atoms with van der Waals surface area (Å²) in [6.45, 7) is 1.85. The first-order valence-electron chi connectivity index (χ1n) is 15.2. The first kappa shape index (κ1) is 31.9. The van der Waals surface area contributed by atoms with Gasteiger partial charge in [-0.3, -0.25) is 9.59 Å². The molecule has 45 heavy (non-hydrogen) atoms. The minimum Gasteiger partial charge on any atom is -0.495 e. The molecule has 1 heterocycles. The predicted molar refractivity (Wildman–Crippen MR) is 173 cm³/mol. The monoisotopic (exact) mass is 628 g/mol. The molecule has 5 rings (SSSR count). The smallest absolute Gasteiger partial charge is 0.254 e. The number of ether oxygens (including phenoxy) is 1. The number of carbonyl (C=O) groups is 2. The number of sulfone groups is 1. The van der Waals surface area contributed by atoms with Crippen molar-refractivity contribution in [1.29, 1.82) is 0 Å². The second-order valence-corrected chi connectivity index (χ2v) is 13.2. The molecular weight excluding hydrogens is 591 g/mol. The van der Waals surface area contributed by atoms with E-state index in [9.17, 15) is 22.4 Å². The van der Waals surface area contributed by atoms with E-state index in [0.717, 1.165) is 43.5 Å². The highest BCUT2D eigenvalue weighted by Crippen LogP contribution is 2.32. The molecule has 1 aliphatic rings. The van der Waals surface area contributed by atoms with Crippen molar-refractivity contribution >= 4 is 21.7 Å². The van der Waals surface area contributed by atoms with Gasteiger partial charge in [-0.25, -0.2) is 12.8 Å². The van der Waals surface area contributed by atoms with Crippen molar-refractivity contribution in [2.45, 2.75) is 42.8 Å². The van der Waals surface area contributed by atoms with E-state index in [1.165, 1.54) is 25.3 Å². The van der Waals surface area contributed by atoms with Crippen molar-refractivity contribution in [3.63, 3.8) is 0 Å². The number of amides is 2. The summed E-state index contributed by atoms with van der Waals surface area (Å²) in [5.74, 6) is -1.02. The third-order valence-corrected chi connectivity index (χ3v) is 9.68. The topological polar surface area (TPSA) is 92.8 Å². The lowest BCUT2D eigenvalue weighted by Gasteiger charge is -2.26. The average Bonchev–Trinajstić information content (AvgIpc) is 3.06. The van der Waals surface area contributed by atoms with E-state index in [1.54, 1.807) is 36.4 Å². The summed E-state index contributed by atoms with van der Waals surface area (Å²) < 4.78 is 46.8. The van der Waals surface area contributed by atoms with Crippen molar-refractivity contribution in [3.8, 4) is 16.9 Å². The molecule has 0 bridgehead atoms. The lowest BCUT2D eigenvalue weighted by atomic mass is 10.0. The van der Waals surface area contributed by atoms with Gasteiger partial charge in [0, 0.05) is 25.2 Å². The Bertz CT molecular complexity index is 1780. The van der Waals surface area contributed by atoms with Crippen molar-refractivity contribution < 1.29 is 27.1 Å². The van der Waals surface area contributed by atoms with Gasteiger partial charge in [0.1, 0.15) is 16.5 Å². The standard InChI is InChI=1S/C36H37FN2O5S/c1-44-33-18-17-29(28-13-8-14-30(23-28)36(41)39-20-5-2-6-21-39)24-34(33)45(42,43)25-27-11-7-10-26(22-27)12-9-19-38-35(40)31-15-3-4-16-32(31)37/h3-4,7-8,10-11,13-18,22-24H,2,5-6,9,12,19-21,25H2,1H3,(H,38,40). The second kappa shape index (κ2) is 14.5. The van der Waals surface area contributed by atoms with E-state index in [0.29, 0.717) is 36.1 Å². The van der Waals surface area contributed by atoms with Crippen LogP contribution >= 0.6 is 0 Å². The SMILES string of the molecule is COc1ccc(-c2cccc(C(=O)N3CCCCC3)c2)cc1S(=O)(=O)Cc1cccc(CCCNC(=O)c2ccccc2F)c1. The lowest BCUT2D eigenvalue weighted by molar-refractivity contribution is 0.0724. The first-order chi connectivity index (χ1) is 21.7. The van der Waals surface area contributed by atoms with Crippen molar-refractivity contribution in [3.05, 3.63) is 119 Å². The number of rotatable bonds is 11. The number of piperidine rings is 1. The van der Waals surface area contributed by atoms with Gasteiger partial charge >= 0.3 is 0 Å².